The summed E-state index contributed by atoms with van der Waals surface area (Å²) in [7, 11) is 3.18. The van der Waals surface area contributed by atoms with E-state index in [1.54, 1.807) is 14.2 Å². The minimum absolute atomic E-state index is 0.119. The normalized spacial score (nSPS) is 10.7. The number of H-pyrrole nitrogens is 1. The molecule has 1 rings (SSSR count). The molecule has 20 heavy (non-hydrogen) atoms. The molecule has 0 spiro atoms. The summed E-state index contributed by atoms with van der Waals surface area (Å²) in [6.07, 6.45) is 0.712. The Morgan fingerprint density at radius 2 is 2.15 bits per heavy atom. The first kappa shape index (κ1) is 16.7. The third kappa shape index (κ3) is 5.76. The Morgan fingerprint density at radius 3 is 2.85 bits per heavy atom. The van der Waals surface area contributed by atoms with Gasteiger partial charge in [-0.05, 0) is 6.42 Å². The van der Waals surface area contributed by atoms with E-state index in [2.05, 4.69) is 15.5 Å². The first-order chi connectivity index (χ1) is 9.69. The summed E-state index contributed by atoms with van der Waals surface area (Å²) in [5.41, 5.74) is -0.275. The molecule has 1 aromatic rings. The van der Waals surface area contributed by atoms with Gasteiger partial charge in [-0.3, -0.25) is 9.36 Å². The maximum Gasteiger partial charge on any atom is 0.343 e. The highest BCUT2D eigenvalue weighted by molar-refractivity contribution is 7.99. The molecule has 0 fully saturated rings. The zero-order valence-electron chi connectivity index (χ0n) is 11.7. The van der Waals surface area contributed by atoms with E-state index in [9.17, 15) is 9.59 Å². The number of nitrogens with zero attached hydrogens (tertiary/aromatic N) is 2. The summed E-state index contributed by atoms with van der Waals surface area (Å²) in [4.78, 5) is 23.1. The van der Waals surface area contributed by atoms with Crippen LogP contribution in [0.15, 0.2) is 9.95 Å². The summed E-state index contributed by atoms with van der Waals surface area (Å²) in [5, 5.41) is 9.50. The van der Waals surface area contributed by atoms with Crippen molar-refractivity contribution in [3.8, 4) is 0 Å². The minimum Gasteiger partial charge on any atom is -0.385 e. The Labute approximate surface area is 121 Å². The summed E-state index contributed by atoms with van der Waals surface area (Å²) < 4.78 is 11.3. The van der Waals surface area contributed by atoms with E-state index in [0.717, 1.165) is 0 Å². The zero-order valence-corrected chi connectivity index (χ0v) is 12.5. The minimum atomic E-state index is -0.275. The number of carbonyl (C=O) groups excluding carboxylic acids is 1. The molecule has 0 saturated heterocycles. The number of thioether (sulfide) groups is 1. The second-order valence-electron chi connectivity index (χ2n) is 3.94. The molecule has 1 aromatic heterocycles. The molecule has 2 N–H and O–H groups in total. The average molecular weight is 304 g/mol. The molecule has 1 heterocycles. The standard InChI is InChI=1S/C11H20N4O4S/c1-18-6-3-5-15-10(17)13-14-11(15)20-8-9(16)12-4-7-19-2/h3-8H2,1-2H3,(H,12,16)(H,13,17). The van der Waals surface area contributed by atoms with Crippen LogP contribution in [-0.4, -0.2) is 60.4 Å². The van der Waals surface area contributed by atoms with Crippen molar-refractivity contribution in [2.75, 3.05) is 39.7 Å². The van der Waals surface area contributed by atoms with Crippen LogP contribution in [0.4, 0.5) is 0 Å². The number of carbonyl (C=O) groups is 1. The van der Waals surface area contributed by atoms with Gasteiger partial charge in [-0.2, -0.15) is 0 Å². The molecule has 9 heteroatoms. The molecule has 0 bridgehead atoms. The molecule has 8 nitrogen and oxygen atoms in total. The van der Waals surface area contributed by atoms with Gasteiger partial charge in [0.15, 0.2) is 5.16 Å². The lowest BCUT2D eigenvalue weighted by atomic mass is 10.4. The number of methoxy groups -OCH3 is 2. The Morgan fingerprint density at radius 1 is 1.40 bits per heavy atom. The third-order valence-corrected chi connectivity index (χ3v) is 3.39. The van der Waals surface area contributed by atoms with Crippen molar-refractivity contribution in [3.63, 3.8) is 0 Å². The van der Waals surface area contributed by atoms with Crippen LogP contribution in [0, 0.1) is 0 Å². The zero-order chi connectivity index (χ0) is 14.8. The van der Waals surface area contributed by atoms with Gasteiger partial charge in [-0.25, -0.2) is 9.89 Å². The van der Waals surface area contributed by atoms with Crippen molar-refractivity contribution in [3.05, 3.63) is 10.5 Å². The second kappa shape index (κ2) is 9.56. The summed E-state index contributed by atoms with van der Waals surface area (Å²) >= 11 is 1.22. The number of nitrogens with one attached hydrogen (secondary N) is 2. The summed E-state index contributed by atoms with van der Waals surface area (Å²) in [6, 6.07) is 0. The molecule has 0 aliphatic rings. The van der Waals surface area contributed by atoms with Gasteiger partial charge in [0.1, 0.15) is 0 Å². The highest BCUT2D eigenvalue weighted by Crippen LogP contribution is 2.12. The van der Waals surface area contributed by atoms with Crippen LogP contribution in [0.5, 0.6) is 0 Å². The molecule has 0 saturated carbocycles. The molecular formula is C11H20N4O4S. The van der Waals surface area contributed by atoms with Crippen LogP contribution in [-0.2, 0) is 20.8 Å². The van der Waals surface area contributed by atoms with Crippen molar-refractivity contribution in [2.45, 2.75) is 18.1 Å². The van der Waals surface area contributed by atoms with E-state index in [4.69, 9.17) is 9.47 Å². The molecule has 114 valence electrons. The Hall–Kier alpha value is -1.32. The van der Waals surface area contributed by atoms with Crippen molar-refractivity contribution in [1.29, 1.82) is 0 Å². The molecule has 0 aromatic carbocycles. The Balaban J connectivity index is 2.43. The fraction of sp³-hybridized carbons (Fsp3) is 0.727. The van der Waals surface area contributed by atoms with Crippen molar-refractivity contribution in [1.82, 2.24) is 20.1 Å². The highest BCUT2D eigenvalue weighted by Gasteiger charge is 2.10. The predicted octanol–water partition coefficient (Wildman–Crippen LogP) is -0.537. The molecule has 0 radical (unpaired) electrons. The van der Waals surface area contributed by atoms with E-state index < -0.39 is 0 Å². The van der Waals surface area contributed by atoms with Crippen molar-refractivity contribution in [2.24, 2.45) is 0 Å². The van der Waals surface area contributed by atoms with E-state index in [0.29, 0.717) is 37.9 Å². The number of amides is 1. The van der Waals surface area contributed by atoms with Crippen LogP contribution in [0.25, 0.3) is 0 Å². The lowest BCUT2D eigenvalue weighted by Crippen LogP contribution is -2.28. The smallest absolute Gasteiger partial charge is 0.343 e. The van der Waals surface area contributed by atoms with Gasteiger partial charge < -0.3 is 14.8 Å². The van der Waals surface area contributed by atoms with Gasteiger partial charge in [-0.15, -0.1) is 5.10 Å². The first-order valence-electron chi connectivity index (χ1n) is 6.21. The van der Waals surface area contributed by atoms with Crippen LogP contribution >= 0.6 is 11.8 Å². The number of aromatic amines is 1. The second-order valence-corrected chi connectivity index (χ2v) is 4.88. The molecular weight excluding hydrogens is 284 g/mol. The van der Waals surface area contributed by atoms with Crippen molar-refractivity contribution >= 4 is 17.7 Å². The molecule has 0 unspecified atom stereocenters. The Bertz CT molecular complexity index is 460. The predicted molar refractivity (Wildman–Crippen MR) is 75.0 cm³/mol. The van der Waals surface area contributed by atoms with Gasteiger partial charge in [0.05, 0.1) is 12.4 Å². The van der Waals surface area contributed by atoms with E-state index in [1.807, 2.05) is 0 Å². The largest absolute Gasteiger partial charge is 0.385 e. The molecule has 0 atom stereocenters. The van der Waals surface area contributed by atoms with Gasteiger partial charge in [0.25, 0.3) is 0 Å². The van der Waals surface area contributed by atoms with Crippen LogP contribution in [0.2, 0.25) is 0 Å². The van der Waals surface area contributed by atoms with Gasteiger partial charge >= 0.3 is 5.69 Å². The van der Waals surface area contributed by atoms with E-state index in [1.165, 1.54) is 16.3 Å². The van der Waals surface area contributed by atoms with Crippen molar-refractivity contribution < 1.29 is 14.3 Å². The molecule has 0 aliphatic heterocycles. The molecule has 1 amide bonds. The maximum atomic E-state index is 11.6. The fourth-order valence-electron chi connectivity index (χ4n) is 1.45. The number of hydrogen-bond acceptors (Lipinski definition) is 6. The third-order valence-electron chi connectivity index (χ3n) is 2.41. The highest BCUT2D eigenvalue weighted by atomic mass is 32.2. The SMILES string of the molecule is COCCCn1c(SCC(=O)NCCOC)n[nH]c1=O. The van der Waals surface area contributed by atoms with Gasteiger partial charge in [0, 0.05) is 33.9 Å². The maximum absolute atomic E-state index is 11.6. The van der Waals surface area contributed by atoms with Crippen LogP contribution in [0.3, 0.4) is 0 Å². The van der Waals surface area contributed by atoms with E-state index in [-0.39, 0.29) is 17.3 Å². The quantitative estimate of drug-likeness (QED) is 0.445. The monoisotopic (exact) mass is 304 g/mol. The van der Waals surface area contributed by atoms with Crippen LogP contribution in [0.1, 0.15) is 6.42 Å². The fourth-order valence-corrected chi connectivity index (χ4v) is 2.25. The number of hydrogen-bond donors (Lipinski definition) is 2. The molecule has 0 aliphatic carbocycles. The van der Waals surface area contributed by atoms with Gasteiger partial charge in [-0.1, -0.05) is 11.8 Å². The van der Waals surface area contributed by atoms with Crippen LogP contribution < -0.4 is 11.0 Å². The van der Waals surface area contributed by atoms with Gasteiger partial charge in [0.2, 0.25) is 5.91 Å². The topological polar surface area (TPSA) is 98.2 Å². The number of rotatable bonds is 10. The summed E-state index contributed by atoms with van der Waals surface area (Å²) in [6.45, 7) is 2.02. The number of ether oxygens (including phenoxy) is 2. The lowest BCUT2D eigenvalue weighted by molar-refractivity contribution is -0.118. The first-order valence-corrected chi connectivity index (χ1v) is 7.20. The number of aromatic nitrogens is 3. The lowest BCUT2D eigenvalue weighted by Gasteiger charge is -2.06. The van der Waals surface area contributed by atoms with E-state index >= 15 is 0 Å². The summed E-state index contributed by atoms with van der Waals surface area (Å²) in [5.74, 6) is 0.0871. The average Bonchev–Trinajstić information content (AvgIpc) is 2.78. The Kier molecular flexibility index (Phi) is 8.00.